The van der Waals surface area contributed by atoms with E-state index in [4.69, 9.17) is 5.73 Å². The molecule has 1 aliphatic rings. The van der Waals surface area contributed by atoms with E-state index in [0.29, 0.717) is 17.7 Å². The molecule has 2 aromatic rings. The number of halogens is 3. The zero-order valence-electron chi connectivity index (χ0n) is 17.5. The Hall–Kier alpha value is -1.85. The number of thiol groups is 1. The lowest BCUT2D eigenvalue weighted by Gasteiger charge is -2.18. The second-order valence-electron chi connectivity index (χ2n) is 7.15. The summed E-state index contributed by atoms with van der Waals surface area (Å²) in [4.78, 5) is 18.7. The van der Waals surface area contributed by atoms with Gasteiger partial charge in [-0.25, -0.2) is 14.8 Å². The Morgan fingerprint density at radius 1 is 1.37 bits per heavy atom. The van der Waals surface area contributed by atoms with Crippen LogP contribution in [0.3, 0.4) is 0 Å². The molecule has 0 saturated heterocycles. The minimum absolute atomic E-state index is 0.0508. The highest BCUT2D eigenvalue weighted by molar-refractivity contribution is 7.79. The molecule has 0 spiro atoms. The number of nitrogens with one attached hydrogen (secondary N) is 1. The van der Waals surface area contributed by atoms with Crippen LogP contribution in [0.5, 0.6) is 0 Å². The predicted molar refractivity (Wildman–Crippen MR) is 116 cm³/mol. The predicted octanol–water partition coefficient (Wildman–Crippen LogP) is 4.87. The summed E-state index contributed by atoms with van der Waals surface area (Å²) < 4.78 is 38.9. The molecular weight excluding hydrogens is 437 g/mol. The largest absolute Gasteiger partial charge is 0.433 e. The van der Waals surface area contributed by atoms with Crippen LogP contribution in [0.1, 0.15) is 60.6 Å². The van der Waals surface area contributed by atoms with Crippen molar-refractivity contribution in [2.45, 2.75) is 58.2 Å². The quantitative estimate of drug-likeness (QED) is 0.477. The molecule has 6 nitrogen and oxygen atoms in total. The summed E-state index contributed by atoms with van der Waals surface area (Å²) in [6.07, 6.45) is 0.155. The average molecular weight is 465 g/mol. The molecule has 11 heteroatoms. The van der Waals surface area contributed by atoms with Crippen LogP contribution in [-0.2, 0) is 18.2 Å². The molecule has 2 amide bonds. The lowest BCUT2D eigenvalue weighted by atomic mass is 10.0. The van der Waals surface area contributed by atoms with E-state index in [0.717, 1.165) is 11.4 Å². The number of anilines is 1. The number of pyridine rings is 1. The summed E-state index contributed by atoms with van der Waals surface area (Å²) in [5.41, 5.74) is 4.45. The highest BCUT2D eigenvalue weighted by atomic mass is 32.1. The minimum atomic E-state index is -4.55. The summed E-state index contributed by atoms with van der Waals surface area (Å²) in [6, 6.07) is -0.871. The van der Waals surface area contributed by atoms with Crippen LogP contribution in [-0.4, -0.2) is 27.4 Å². The van der Waals surface area contributed by atoms with Crippen LogP contribution in [0.2, 0.25) is 0 Å². The van der Waals surface area contributed by atoms with Crippen LogP contribution in [0.25, 0.3) is 0 Å². The fourth-order valence-corrected chi connectivity index (χ4v) is 3.66. The maximum absolute atomic E-state index is 13.0. The van der Waals surface area contributed by atoms with Crippen molar-refractivity contribution >= 4 is 35.7 Å². The van der Waals surface area contributed by atoms with E-state index in [-0.39, 0.29) is 17.2 Å². The molecule has 168 valence electrons. The summed E-state index contributed by atoms with van der Waals surface area (Å²) in [5.74, 6) is -0.0508. The smallest absolute Gasteiger partial charge is 0.383 e. The first kappa shape index (κ1) is 26.2. The number of thiazole rings is 1. The number of aliphatic hydroxyl groups is 1. The third-order valence-corrected chi connectivity index (χ3v) is 5.43. The molecule has 0 saturated carbocycles. The Kier molecular flexibility index (Phi) is 9.12. The SMILES string of the molecule is CC(C)(O)c1nccs1.CS.Cc1c(C(F)(F)F)nc2c(c1NC(N)=O)CCC2C. The Morgan fingerprint density at radius 2 is 1.97 bits per heavy atom. The van der Waals surface area contributed by atoms with E-state index in [2.05, 4.69) is 27.9 Å². The fourth-order valence-electron chi connectivity index (χ4n) is 3.00. The molecule has 0 radical (unpaired) electrons. The van der Waals surface area contributed by atoms with E-state index < -0.39 is 23.5 Å². The monoisotopic (exact) mass is 464 g/mol. The number of primary amides is 1. The molecule has 1 unspecified atom stereocenters. The third-order valence-electron chi connectivity index (χ3n) is 4.34. The lowest BCUT2D eigenvalue weighted by molar-refractivity contribution is -0.141. The van der Waals surface area contributed by atoms with Crippen molar-refractivity contribution in [1.29, 1.82) is 0 Å². The Morgan fingerprint density at radius 3 is 2.37 bits per heavy atom. The van der Waals surface area contributed by atoms with Gasteiger partial charge in [0.15, 0.2) is 0 Å². The number of carbonyl (C=O) groups excluding carboxylic acids is 1. The van der Waals surface area contributed by atoms with Gasteiger partial charge in [0.05, 0.1) is 5.69 Å². The maximum Gasteiger partial charge on any atom is 0.433 e. The normalized spacial score (nSPS) is 15.3. The van der Waals surface area contributed by atoms with Gasteiger partial charge >= 0.3 is 12.2 Å². The lowest BCUT2D eigenvalue weighted by Crippen LogP contribution is -2.23. The van der Waals surface area contributed by atoms with Gasteiger partial charge < -0.3 is 16.2 Å². The van der Waals surface area contributed by atoms with Crippen molar-refractivity contribution in [1.82, 2.24) is 9.97 Å². The van der Waals surface area contributed by atoms with Gasteiger partial charge in [-0.3, -0.25) is 0 Å². The Bertz CT molecular complexity index is 851. The summed E-state index contributed by atoms with van der Waals surface area (Å²) >= 11 is 5.00. The van der Waals surface area contributed by atoms with E-state index in [1.165, 1.54) is 18.3 Å². The average Bonchev–Trinajstić information content (AvgIpc) is 3.28. The number of carbonyl (C=O) groups is 1. The molecule has 2 heterocycles. The maximum atomic E-state index is 13.0. The Balaban J connectivity index is 0.000000342. The van der Waals surface area contributed by atoms with Gasteiger partial charge in [0.25, 0.3) is 0 Å². The molecule has 1 atom stereocenters. The van der Waals surface area contributed by atoms with E-state index in [1.807, 2.05) is 12.3 Å². The molecule has 0 fully saturated rings. The molecule has 1 aliphatic carbocycles. The fraction of sp³-hybridized carbons (Fsp3) is 0.526. The molecular formula is C19H27F3N4O2S2. The number of amides is 2. The number of urea groups is 1. The molecule has 0 aliphatic heterocycles. The molecule has 0 aromatic carbocycles. The Labute approximate surface area is 183 Å². The van der Waals surface area contributed by atoms with Crippen molar-refractivity contribution in [2.24, 2.45) is 5.73 Å². The van der Waals surface area contributed by atoms with Crippen LogP contribution in [0, 0.1) is 6.92 Å². The van der Waals surface area contributed by atoms with Gasteiger partial charge in [-0.15, -0.1) is 11.3 Å². The van der Waals surface area contributed by atoms with Crippen LogP contribution in [0.15, 0.2) is 11.6 Å². The minimum Gasteiger partial charge on any atom is -0.383 e. The first-order valence-electron chi connectivity index (χ1n) is 9.06. The number of alkyl halides is 3. The second kappa shape index (κ2) is 10.5. The summed E-state index contributed by atoms with van der Waals surface area (Å²) in [6.45, 7) is 6.57. The number of nitrogens with zero attached hydrogens (tertiary/aromatic N) is 2. The summed E-state index contributed by atoms with van der Waals surface area (Å²) in [7, 11) is 0. The summed E-state index contributed by atoms with van der Waals surface area (Å²) in [5, 5.41) is 14.3. The van der Waals surface area contributed by atoms with Crippen molar-refractivity contribution < 1.29 is 23.1 Å². The van der Waals surface area contributed by atoms with Crippen molar-refractivity contribution in [3.05, 3.63) is 39.1 Å². The standard InChI is InChI=1S/C12H14F3N3O.C6H9NOS.CH4S/c1-5-3-4-7-8(5)17-10(12(13,14)15)6(2)9(7)18-11(16)19;1-6(2,8)5-7-3-4-9-5;1-2/h5H,3-4H2,1-2H3,(H3,16,17,18,19);3-4,8H,1-2H3;2H,1H3. The zero-order valence-corrected chi connectivity index (χ0v) is 19.2. The molecule has 3 rings (SSSR count). The first-order chi connectivity index (χ1) is 13.8. The van der Waals surface area contributed by atoms with E-state index in [1.54, 1.807) is 26.3 Å². The molecule has 2 aromatic heterocycles. The number of nitrogens with two attached hydrogens (primary N) is 1. The van der Waals surface area contributed by atoms with Gasteiger partial charge in [0.1, 0.15) is 16.3 Å². The molecule has 0 bridgehead atoms. The number of hydrogen-bond donors (Lipinski definition) is 4. The number of rotatable bonds is 2. The number of fused-ring (bicyclic) bond motifs is 1. The first-order valence-corrected chi connectivity index (χ1v) is 10.8. The van der Waals surface area contributed by atoms with E-state index in [9.17, 15) is 23.1 Å². The van der Waals surface area contributed by atoms with Crippen molar-refractivity contribution in [2.75, 3.05) is 11.6 Å². The highest BCUT2D eigenvalue weighted by Crippen LogP contribution is 2.42. The molecule has 4 N–H and O–H groups in total. The number of hydrogen-bond acceptors (Lipinski definition) is 6. The van der Waals surface area contributed by atoms with Crippen LogP contribution >= 0.6 is 24.0 Å². The highest BCUT2D eigenvalue weighted by Gasteiger charge is 2.38. The number of aromatic nitrogens is 2. The van der Waals surface area contributed by atoms with Crippen molar-refractivity contribution in [3.8, 4) is 0 Å². The van der Waals surface area contributed by atoms with Crippen LogP contribution in [0.4, 0.5) is 23.7 Å². The third kappa shape index (κ3) is 6.58. The van der Waals surface area contributed by atoms with Gasteiger partial charge in [-0.05, 0) is 51.3 Å². The second-order valence-corrected chi connectivity index (χ2v) is 8.04. The van der Waals surface area contributed by atoms with Crippen LogP contribution < -0.4 is 11.1 Å². The molecule has 30 heavy (non-hydrogen) atoms. The van der Waals surface area contributed by atoms with Gasteiger partial charge in [0.2, 0.25) is 0 Å². The van der Waals surface area contributed by atoms with E-state index >= 15 is 0 Å². The zero-order chi connectivity index (χ0) is 23.3. The van der Waals surface area contributed by atoms with Gasteiger partial charge in [-0.1, -0.05) is 6.92 Å². The van der Waals surface area contributed by atoms with Crippen molar-refractivity contribution in [3.63, 3.8) is 0 Å². The van der Waals surface area contributed by atoms with Gasteiger partial charge in [0, 0.05) is 22.8 Å². The van der Waals surface area contributed by atoms with Gasteiger partial charge in [-0.2, -0.15) is 25.8 Å². The topological polar surface area (TPSA) is 101 Å².